The van der Waals surface area contributed by atoms with Crippen molar-refractivity contribution in [3.8, 4) is 0 Å². The second-order valence-electron chi connectivity index (χ2n) is 3.64. The minimum absolute atomic E-state index is 0.00630. The van der Waals surface area contributed by atoms with Gasteiger partial charge in [-0.25, -0.2) is 0 Å². The molecule has 1 N–H and O–H groups in total. The van der Waals surface area contributed by atoms with Crippen LogP contribution in [0.5, 0.6) is 0 Å². The van der Waals surface area contributed by atoms with Crippen LogP contribution in [0.25, 0.3) is 0 Å². The molecule has 0 radical (unpaired) electrons. The fourth-order valence-corrected chi connectivity index (χ4v) is 2.40. The maximum atomic E-state index is 11.9. The van der Waals surface area contributed by atoms with Crippen LogP contribution in [0, 0.1) is 0 Å². The summed E-state index contributed by atoms with van der Waals surface area (Å²) in [6, 6.07) is 5.81. The third-order valence-corrected chi connectivity index (χ3v) is 3.26. The zero-order valence-corrected chi connectivity index (χ0v) is 9.86. The number of aromatic nitrogens is 3. The first-order valence-electron chi connectivity index (χ1n) is 5.08. The Kier molecular flexibility index (Phi) is 2.25. The van der Waals surface area contributed by atoms with E-state index in [0.717, 1.165) is 28.5 Å². The van der Waals surface area contributed by atoms with Crippen molar-refractivity contribution in [2.45, 2.75) is 6.42 Å². The number of carbonyl (C=O) groups is 1. The van der Waals surface area contributed by atoms with Crippen LogP contribution in [0.2, 0.25) is 0 Å². The molecule has 0 spiro atoms. The van der Waals surface area contributed by atoms with Gasteiger partial charge in [0.1, 0.15) is 0 Å². The Morgan fingerprint density at radius 2 is 2.35 bits per heavy atom. The van der Waals surface area contributed by atoms with Crippen LogP contribution >= 0.6 is 11.5 Å². The Hall–Kier alpha value is -2.02. The summed E-state index contributed by atoms with van der Waals surface area (Å²) in [6.07, 6.45) is 0.393. The molecule has 0 aliphatic carbocycles. The minimum Gasteiger partial charge on any atom is -0.388 e. The summed E-state index contributed by atoms with van der Waals surface area (Å²) >= 11 is 1.11. The summed E-state index contributed by atoms with van der Waals surface area (Å²) in [6.45, 7) is 0. The van der Waals surface area contributed by atoms with Gasteiger partial charge in [-0.05, 0) is 29.0 Å². The molecule has 7 heteroatoms. The molecule has 2 aromatic rings. The van der Waals surface area contributed by atoms with Gasteiger partial charge in [-0.2, -0.15) is 0 Å². The van der Waals surface area contributed by atoms with Crippen LogP contribution in [0.3, 0.4) is 0 Å². The fourth-order valence-electron chi connectivity index (χ4n) is 1.90. The van der Waals surface area contributed by atoms with Gasteiger partial charge in [0.25, 0.3) is 0 Å². The molecular weight excluding hydrogens is 238 g/mol. The first kappa shape index (κ1) is 10.2. The summed E-state index contributed by atoms with van der Waals surface area (Å²) in [4.78, 5) is 13.5. The number of benzene rings is 1. The molecule has 0 fully saturated rings. The van der Waals surface area contributed by atoms with Crippen molar-refractivity contribution in [1.82, 2.24) is 14.8 Å². The molecule has 1 aliphatic heterocycles. The number of nitrogens with zero attached hydrogens (tertiary/aromatic N) is 4. The van der Waals surface area contributed by atoms with E-state index in [1.807, 2.05) is 25.2 Å². The fraction of sp³-hybridized carbons (Fsp3) is 0.200. The maximum Gasteiger partial charge on any atom is 0.239 e. The molecular formula is C10H9N5OS. The number of fused-ring (bicyclic) bond motifs is 1. The smallest absolute Gasteiger partial charge is 0.239 e. The molecule has 0 bridgehead atoms. The average molecular weight is 247 g/mol. The molecule has 0 atom stereocenters. The highest BCUT2D eigenvalue weighted by molar-refractivity contribution is 7.09. The molecule has 1 aromatic carbocycles. The first-order valence-corrected chi connectivity index (χ1v) is 5.85. The van der Waals surface area contributed by atoms with Gasteiger partial charge in [-0.1, -0.05) is 9.59 Å². The quantitative estimate of drug-likeness (QED) is 0.863. The van der Waals surface area contributed by atoms with E-state index in [1.54, 1.807) is 4.90 Å². The van der Waals surface area contributed by atoms with Gasteiger partial charge >= 0.3 is 0 Å². The summed E-state index contributed by atoms with van der Waals surface area (Å²) in [5.74, 6) is 0.00630. The van der Waals surface area contributed by atoms with E-state index in [1.165, 1.54) is 0 Å². The first-order chi connectivity index (χ1) is 8.29. The van der Waals surface area contributed by atoms with Crippen molar-refractivity contribution in [1.29, 1.82) is 0 Å². The molecule has 3 rings (SSSR count). The van der Waals surface area contributed by atoms with Gasteiger partial charge in [-0.3, -0.25) is 9.69 Å². The lowest BCUT2D eigenvalue weighted by Crippen LogP contribution is -2.20. The van der Waals surface area contributed by atoms with Crippen molar-refractivity contribution in [3.63, 3.8) is 0 Å². The van der Waals surface area contributed by atoms with Gasteiger partial charge in [0.15, 0.2) is 0 Å². The predicted molar refractivity (Wildman–Crippen MR) is 64.5 cm³/mol. The van der Waals surface area contributed by atoms with E-state index in [2.05, 4.69) is 20.1 Å². The monoisotopic (exact) mass is 247 g/mol. The number of hydrogen-bond acceptors (Lipinski definition) is 6. The van der Waals surface area contributed by atoms with Gasteiger partial charge < -0.3 is 5.32 Å². The standard InChI is InChI=1S/C10H9N5OS/c1-11-7-2-3-8-6(4-7)5-9(16)15(8)10-12-13-14-17-10/h2-4,11H,5H2,1H3. The molecule has 0 saturated carbocycles. The lowest BCUT2D eigenvalue weighted by molar-refractivity contribution is -0.116. The highest BCUT2D eigenvalue weighted by Crippen LogP contribution is 2.36. The maximum absolute atomic E-state index is 11.9. The van der Waals surface area contributed by atoms with Gasteiger partial charge in [0.2, 0.25) is 11.0 Å². The Balaban J connectivity index is 2.08. The highest BCUT2D eigenvalue weighted by Gasteiger charge is 2.30. The number of amides is 1. The largest absolute Gasteiger partial charge is 0.388 e. The van der Waals surface area contributed by atoms with E-state index < -0.39 is 0 Å². The summed E-state index contributed by atoms with van der Waals surface area (Å²) in [5.41, 5.74) is 2.86. The number of nitrogens with one attached hydrogen (secondary N) is 1. The number of rotatable bonds is 2. The summed E-state index contributed by atoms with van der Waals surface area (Å²) in [7, 11) is 1.85. The van der Waals surface area contributed by atoms with E-state index in [4.69, 9.17) is 0 Å². The molecule has 86 valence electrons. The van der Waals surface area contributed by atoms with Gasteiger partial charge in [0, 0.05) is 24.3 Å². The van der Waals surface area contributed by atoms with Crippen molar-refractivity contribution in [2.75, 3.05) is 17.3 Å². The number of hydrogen-bond donors (Lipinski definition) is 1. The summed E-state index contributed by atoms with van der Waals surface area (Å²) < 4.78 is 3.68. The molecule has 0 saturated heterocycles. The zero-order valence-electron chi connectivity index (χ0n) is 9.04. The SMILES string of the molecule is CNc1ccc2c(c1)CC(=O)N2c1nnns1. The summed E-state index contributed by atoms with van der Waals surface area (Å²) in [5, 5.41) is 10.9. The van der Waals surface area contributed by atoms with Crippen molar-refractivity contribution in [3.05, 3.63) is 23.8 Å². The second-order valence-corrected chi connectivity index (χ2v) is 4.36. The number of anilines is 3. The Bertz CT molecular complexity index is 568. The van der Waals surface area contributed by atoms with E-state index in [0.29, 0.717) is 11.6 Å². The third-order valence-electron chi connectivity index (χ3n) is 2.68. The molecule has 6 nitrogen and oxygen atoms in total. The predicted octanol–water partition coefficient (Wildman–Crippen LogP) is 1.20. The Morgan fingerprint density at radius 1 is 1.47 bits per heavy atom. The molecule has 1 aliphatic rings. The van der Waals surface area contributed by atoms with Crippen LogP contribution in [0.1, 0.15) is 5.56 Å². The molecule has 2 heterocycles. The van der Waals surface area contributed by atoms with Crippen LogP contribution in [0.4, 0.5) is 16.5 Å². The molecule has 1 aromatic heterocycles. The minimum atomic E-state index is 0.00630. The topological polar surface area (TPSA) is 71.0 Å². The second kappa shape index (κ2) is 3.77. The van der Waals surface area contributed by atoms with Crippen LogP contribution < -0.4 is 10.2 Å². The Morgan fingerprint density at radius 3 is 3.06 bits per heavy atom. The van der Waals surface area contributed by atoms with Crippen molar-refractivity contribution >= 4 is 33.9 Å². The number of carbonyl (C=O) groups excluding carboxylic acids is 1. The van der Waals surface area contributed by atoms with Crippen LogP contribution in [-0.2, 0) is 11.2 Å². The molecule has 17 heavy (non-hydrogen) atoms. The lowest BCUT2D eigenvalue weighted by atomic mass is 10.1. The Labute approximate surface area is 101 Å². The average Bonchev–Trinajstić information content (AvgIpc) is 2.93. The van der Waals surface area contributed by atoms with Gasteiger partial charge in [0.05, 0.1) is 12.1 Å². The normalized spacial score (nSPS) is 13.9. The molecule has 1 amide bonds. The van der Waals surface area contributed by atoms with Crippen LogP contribution in [-0.4, -0.2) is 27.8 Å². The van der Waals surface area contributed by atoms with E-state index in [-0.39, 0.29) is 5.91 Å². The van der Waals surface area contributed by atoms with Crippen molar-refractivity contribution in [2.24, 2.45) is 0 Å². The van der Waals surface area contributed by atoms with E-state index in [9.17, 15) is 4.79 Å². The van der Waals surface area contributed by atoms with E-state index >= 15 is 0 Å². The third kappa shape index (κ3) is 1.55. The van der Waals surface area contributed by atoms with Gasteiger partial charge in [-0.15, -0.1) is 0 Å². The zero-order chi connectivity index (χ0) is 11.8. The van der Waals surface area contributed by atoms with Crippen molar-refractivity contribution < 1.29 is 4.79 Å². The lowest BCUT2D eigenvalue weighted by Gasteiger charge is -2.12. The van der Waals surface area contributed by atoms with Crippen LogP contribution in [0.15, 0.2) is 18.2 Å². The highest BCUT2D eigenvalue weighted by atomic mass is 32.1. The molecule has 0 unspecified atom stereocenters.